The molecule has 1 saturated heterocycles. The first kappa shape index (κ1) is 16.0. The lowest BCUT2D eigenvalue weighted by Crippen LogP contribution is -2.43. The van der Waals surface area contributed by atoms with Crippen LogP contribution < -0.4 is 0 Å². The Balaban J connectivity index is 1.99. The molecule has 0 N–H and O–H groups in total. The van der Waals surface area contributed by atoms with Crippen LogP contribution in [0.15, 0.2) is 16.5 Å². The number of morpholine rings is 1. The first-order valence-electron chi connectivity index (χ1n) is 7.69. The van der Waals surface area contributed by atoms with Crippen molar-refractivity contribution in [3.63, 3.8) is 0 Å². The van der Waals surface area contributed by atoms with E-state index in [0.717, 1.165) is 17.9 Å². The summed E-state index contributed by atoms with van der Waals surface area (Å²) >= 11 is 0. The van der Waals surface area contributed by atoms with E-state index in [1.165, 1.54) is 0 Å². The second-order valence-electron chi connectivity index (χ2n) is 5.51. The molecule has 0 saturated carbocycles. The van der Waals surface area contributed by atoms with E-state index in [9.17, 15) is 4.79 Å². The van der Waals surface area contributed by atoms with Crippen LogP contribution in [0.3, 0.4) is 0 Å². The van der Waals surface area contributed by atoms with Crippen molar-refractivity contribution in [3.05, 3.63) is 23.7 Å². The molecule has 2 rings (SSSR count). The summed E-state index contributed by atoms with van der Waals surface area (Å²) in [7, 11) is 0. The fourth-order valence-corrected chi connectivity index (χ4v) is 2.43. The fraction of sp³-hybridized carbons (Fsp3) is 0.688. The summed E-state index contributed by atoms with van der Waals surface area (Å²) in [6.07, 6.45) is 1.40. The number of hydrogen-bond acceptors (Lipinski definition) is 4. The van der Waals surface area contributed by atoms with Gasteiger partial charge in [0.1, 0.15) is 17.6 Å². The van der Waals surface area contributed by atoms with Gasteiger partial charge < -0.3 is 18.8 Å². The van der Waals surface area contributed by atoms with Crippen LogP contribution in [0.5, 0.6) is 0 Å². The molecule has 0 aliphatic carbocycles. The molecule has 1 amide bonds. The van der Waals surface area contributed by atoms with Gasteiger partial charge in [-0.05, 0) is 26.0 Å². The van der Waals surface area contributed by atoms with Gasteiger partial charge in [-0.1, -0.05) is 6.92 Å². The zero-order chi connectivity index (χ0) is 15.2. The Morgan fingerprint density at radius 1 is 1.48 bits per heavy atom. The SMILES string of the molecule is CCc1ccc(C2COCCN2C(=O)CCOC(C)C)o1. The maximum atomic E-state index is 12.4. The van der Waals surface area contributed by atoms with Gasteiger partial charge in [-0.25, -0.2) is 0 Å². The quantitative estimate of drug-likeness (QED) is 0.809. The second kappa shape index (κ2) is 7.61. The Kier molecular flexibility index (Phi) is 5.82. The molecule has 0 bridgehead atoms. The molecule has 2 heterocycles. The van der Waals surface area contributed by atoms with E-state index in [0.29, 0.717) is 32.8 Å². The molecule has 1 aliphatic rings. The van der Waals surface area contributed by atoms with E-state index in [1.54, 1.807) is 0 Å². The van der Waals surface area contributed by atoms with Gasteiger partial charge in [-0.2, -0.15) is 0 Å². The molecule has 0 spiro atoms. The van der Waals surface area contributed by atoms with Crippen LogP contribution in [0.25, 0.3) is 0 Å². The molecule has 1 aromatic rings. The van der Waals surface area contributed by atoms with Crippen LogP contribution in [-0.2, 0) is 20.7 Å². The largest absolute Gasteiger partial charge is 0.464 e. The zero-order valence-corrected chi connectivity index (χ0v) is 13.1. The minimum Gasteiger partial charge on any atom is -0.464 e. The number of hydrogen-bond donors (Lipinski definition) is 0. The molecule has 5 heteroatoms. The molecular weight excluding hydrogens is 270 g/mol. The van der Waals surface area contributed by atoms with Crippen molar-refractivity contribution in [1.29, 1.82) is 0 Å². The van der Waals surface area contributed by atoms with Gasteiger partial charge >= 0.3 is 0 Å². The Morgan fingerprint density at radius 2 is 2.29 bits per heavy atom. The number of amides is 1. The van der Waals surface area contributed by atoms with Crippen LogP contribution in [0.4, 0.5) is 0 Å². The molecule has 0 aromatic carbocycles. The molecule has 118 valence electrons. The van der Waals surface area contributed by atoms with E-state index in [1.807, 2.05) is 37.8 Å². The number of ether oxygens (including phenoxy) is 2. The monoisotopic (exact) mass is 295 g/mol. The predicted molar refractivity (Wildman–Crippen MR) is 79.1 cm³/mol. The second-order valence-corrected chi connectivity index (χ2v) is 5.51. The highest BCUT2D eigenvalue weighted by atomic mass is 16.5. The summed E-state index contributed by atoms with van der Waals surface area (Å²) in [4.78, 5) is 14.2. The number of carbonyl (C=O) groups excluding carboxylic acids is 1. The van der Waals surface area contributed by atoms with Gasteiger partial charge in [0.25, 0.3) is 0 Å². The van der Waals surface area contributed by atoms with Gasteiger partial charge in [0.15, 0.2) is 0 Å². The van der Waals surface area contributed by atoms with Crippen LogP contribution in [0, 0.1) is 0 Å². The Morgan fingerprint density at radius 3 is 2.95 bits per heavy atom. The molecule has 5 nitrogen and oxygen atoms in total. The van der Waals surface area contributed by atoms with E-state index < -0.39 is 0 Å². The molecule has 1 unspecified atom stereocenters. The normalized spacial score (nSPS) is 19.2. The third-order valence-corrected chi connectivity index (χ3v) is 3.58. The maximum absolute atomic E-state index is 12.4. The average molecular weight is 295 g/mol. The minimum absolute atomic E-state index is 0.0957. The van der Waals surface area contributed by atoms with Gasteiger partial charge in [-0.15, -0.1) is 0 Å². The predicted octanol–water partition coefficient (Wildman–Crippen LogP) is 2.56. The number of rotatable bonds is 6. The molecule has 0 radical (unpaired) electrons. The lowest BCUT2D eigenvalue weighted by atomic mass is 10.1. The van der Waals surface area contributed by atoms with Crippen molar-refractivity contribution in [3.8, 4) is 0 Å². The van der Waals surface area contributed by atoms with Gasteiger partial charge in [0.2, 0.25) is 5.91 Å². The fourth-order valence-electron chi connectivity index (χ4n) is 2.43. The Labute approximate surface area is 126 Å². The minimum atomic E-state index is -0.120. The van der Waals surface area contributed by atoms with Crippen molar-refractivity contribution in [2.75, 3.05) is 26.4 Å². The van der Waals surface area contributed by atoms with E-state index in [2.05, 4.69) is 0 Å². The third-order valence-electron chi connectivity index (χ3n) is 3.58. The average Bonchev–Trinajstić information content (AvgIpc) is 2.95. The summed E-state index contributed by atoms with van der Waals surface area (Å²) in [6.45, 7) is 8.12. The summed E-state index contributed by atoms with van der Waals surface area (Å²) in [5, 5.41) is 0. The third kappa shape index (κ3) is 4.32. The van der Waals surface area contributed by atoms with Crippen molar-refractivity contribution in [2.45, 2.75) is 45.8 Å². The molecule has 1 aliphatic heterocycles. The first-order valence-corrected chi connectivity index (χ1v) is 7.69. The van der Waals surface area contributed by atoms with Crippen molar-refractivity contribution in [2.24, 2.45) is 0 Å². The number of nitrogens with zero attached hydrogens (tertiary/aromatic N) is 1. The van der Waals surface area contributed by atoms with Crippen LogP contribution in [0.2, 0.25) is 0 Å². The highest BCUT2D eigenvalue weighted by Crippen LogP contribution is 2.26. The van der Waals surface area contributed by atoms with Crippen LogP contribution in [0.1, 0.15) is 44.8 Å². The van der Waals surface area contributed by atoms with E-state index >= 15 is 0 Å². The molecule has 21 heavy (non-hydrogen) atoms. The first-order chi connectivity index (χ1) is 10.1. The molecule has 1 fully saturated rings. The summed E-state index contributed by atoms with van der Waals surface area (Å²) in [5.41, 5.74) is 0. The van der Waals surface area contributed by atoms with Crippen molar-refractivity contribution in [1.82, 2.24) is 4.90 Å². The van der Waals surface area contributed by atoms with Crippen molar-refractivity contribution < 1.29 is 18.7 Å². The van der Waals surface area contributed by atoms with Gasteiger partial charge in [0, 0.05) is 13.0 Å². The Hall–Kier alpha value is -1.33. The molecular formula is C16H25NO4. The topological polar surface area (TPSA) is 51.9 Å². The van der Waals surface area contributed by atoms with Gasteiger partial charge in [0.05, 0.1) is 32.3 Å². The standard InChI is InChI=1S/C16H25NO4/c1-4-13-5-6-15(21-13)14-11-19-10-8-17(14)16(18)7-9-20-12(2)3/h5-6,12,14H,4,7-11H2,1-3H3. The smallest absolute Gasteiger partial charge is 0.225 e. The summed E-state index contributed by atoms with van der Waals surface area (Å²) in [6, 6.07) is 3.79. The zero-order valence-electron chi connectivity index (χ0n) is 13.1. The van der Waals surface area contributed by atoms with E-state index in [-0.39, 0.29) is 18.1 Å². The highest BCUT2D eigenvalue weighted by Gasteiger charge is 2.30. The van der Waals surface area contributed by atoms with Crippen LogP contribution >= 0.6 is 0 Å². The summed E-state index contributed by atoms with van der Waals surface area (Å²) < 4.78 is 16.8. The lowest BCUT2D eigenvalue weighted by Gasteiger charge is -2.34. The number of furan rings is 1. The highest BCUT2D eigenvalue weighted by molar-refractivity contribution is 5.76. The van der Waals surface area contributed by atoms with E-state index in [4.69, 9.17) is 13.9 Å². The lowest BCUT2D eigenvalue weighted by molar-refractivity contribution is -0.142. The molecule has 1 aromatic heterocycles. The van der Waals surface area contributed by atoms with Crippen LogP contribution in [-0.4, -0.2) is 43.3 Å². The van der Waals surface area contributed by atoms with Gasteiger partial charge in [-0.3, -0.25) is 4.79 Å². The summed E-state index contributed by atoms with van der Waals surface area (Å²) in [5.74, 6) is 1.84. The maximum Gasteiger partial charge on any atom is 0.225 e. The number of carbonyl (C=O) groups is 1. The number of aryl methyl sites for hydroxylation is 1. The van der Waals surface area contributed by atoms with Crippen molar-refractivity contribution >= 4 is 5.91 Å². The molecule has 1 atom stereocenters. The Bertz CT molecular complexity index is 455.